The maximum atomic E-state index is 13.2. The van der Waals surface area contributed by atoms with E-state index in [0.29, 0.717) is 25.9 Å². The fourth-order valence-electron chi connectivity index (χ4n) is 4.86. The van der Waals surface area contributed by atoms with E-state index in [-0.39, 0.29) is 23.8 Å². The number of nitrogens with zero attached hydrogens (tertiary/aromatic N) is 2. The predicted octanol–water partition coefficient (Wildman–Crippen LogP) is 5.35. The van der Waals surface area contributed by atoms with Crippen molar-refractivity contribution in [3.63, 3.8) is 0 Å². The van der Waals surface area contributed by atoms with Crippen molar-refractivity contribution in [1.29, 1.82) is 0 Å². The Balaban J connectivity index is 1.20. The molecule has 4 aromatic rings. The Morgan fingerprint density at radius 1 is 1.00 bits per heavy atom. The van der Waals surface area contributed by atoms with Crippen molar-refractivity contribution in [3.8, 4) is 11.3 Å². The van der Waals surface area contributed by atoms with Crippen molar-refractivity contribution < 1.29 is 9.59 Å². The van der Waals surface area contributed by atoms with Crippen LogP contribution >= 0.6 is 0 Å². The number of amides is 2. The summed E-state index contributed by atoms with van der Waals surface area (Å²) in [5.41, 5.74) is 2.73. The lowest BCUT2D eigenvalue weighted by atomic mass is 9.94. The lowest BCUT2D eigenvalue weighted by Crippen LogP contribution is -2.43. The second-order valence-electron chi connectivity index (χ2n) is 9.11. The van der Waals surface area contributed by atoms with E-state index in [1.54, 1.807) is 0 Å². The molecule has 0 spiro atoms. The van der Waals surface area contributed by atoms with Gasteiger partial charge >= 0.3 is 0 Å². The first-order chi connectivity index (χ1) is 17.1. The summed E-state index contributed by atoms with van der Waals surface area (Å²) >= 11 is 0. The standard InChI is InChI=1S/C29H30N4O2/c1-2-25(27-30-19-26(31-27)21-10-4-3-5-11-21)32-28(34)22-15-17-33(18-16-22)29(35)24-14-8-12-20-9-6-7-13-23(20)24/h3-14,19,22,25H,2,15-18H2,1H3,(H,30,31)(H,32,34). The van der Waals surface area contributed by atoms with Crippen molar-refractivity contribution in [2.24, 2.45) is 5.92 Å². The van der Waals surface area contributed by atoms with Gasteiger partial charge < -0.3 is 15.2 Å². The first-order valence-electron chi connectivity index (χ1n) is 12.3. The SMILES string of the molecule is CCC(NC(=O)C1CCN(C(=O)c2cccc3ccccc23)CC1)c1ncc(-c2ccccc2)[nH]1. The van der Waals surface area contributed by atoms with Gasteiger partial charge in [-0.15, -0.1) is 0 Å². The van der Waals surface area contributed by atoms with Crippen LogP contribution in [0.2, 0.25) is 0 Å². The zero-order chi connectivity index (χ0) is 24.2. The smallest absolute Gasteiger partial charge is 0.254 e. The topological polar surface area (TPSA) is 78.1 Å². The van der Waals surface area contributed by atoms with E-state index in [2.05, 4.69) is 15.3 Å². The number of H-pyrrole nitrogens is 1. The minimum Gasteiger partial charge on any atom is -0.346 e. The van der Waals surface area contributed by atoms with Crippen LogP contribution in [0.4, 0.5) is 0 Å². The van der Waals surface area contributed by atoms with Crippen LogP contribution in [0.15, 0.2) is 79.0 Å². The number of benzene rings is 3. The number of aromatic nitrogens is 2. The monoisotopic (exact) mass is 466 g/mol. The molecular weight excluding hydrogens is 436 g/mol. The molecule has 178 valence electrons. The summed E-state index contributed by atoms with van der Waals surface area (Å²) < 4.78 is 0. The number of imidazole rings is 1. The van der Waals surface area contributed by atoms with Gasteiger partial charge in [0.2, 0.25) is 5.91 Å². The number of likely N-dealkylation sites (tertiary alicyclic amines) is 1. The largest absolute Gasteiger partial charge is 0.346 e. The number of nitrogens with one attached hydrogen (secondary N) is 2. The molecule has 1 aliphatic heterocycles. The van der Waals surface area contributed by atoms with Crippen LogP contribution in [-0.2, 0) is 4.79 Å². The zero-order valence-corrected chi connectivity index (χ0v) is 19.9. The highest BCUT2D eigenvalue weighted by Crippen LogP contribution is 2.25. The second-order valence-corrected chi connectivity index (χ2v) is 9.11. The molecule has 6 nitrogen and oxygen atoms in total. The zero-order valence-electron chi connectivity index (χ0n) is 19.9. The van der Waals surface area contributed by atoms with E-state index >= 15 is 0 Å². The van der Waals surface area contributed by atoms with Crippen LogP contribution < -0.4 is 5.32 Å². The van der Waals surface area contributed by atoms with E-state index in [1.807, 2.05) is 90.8 Å². The molecular formula is C29H30N4O2. The van der Waals surface area contributed by atoms with Crippen LogP contribution in [0.5, 0.6) is 0 Å². The van der Waals surface area contributed by atoms with Gasteiger partial charge in [0.15, 0.2) is 0 Å². The van der Waals surface area contributed by atoms with E-state index in [1.165, 1.54) is 0 Å². The van der Waals surface area contributed by atoms with Gasteiger partial charge in [-0.1, -0.05) is 73.7 Å². The molecule has 1 atom stereocenters. The molecule has 1 fully saturated rings. The highest BCUT2D eigenvalue weighted by molar-refractivity contribution is 6.07. The number of fused-ring (bicyclic) bond motifs is 1. The number of rotatable bonds is 6. The average molecular weight is 467 g/mol. The molecule has 3 aromatic carbocycles. The summed E-state index contributed by atoms with van der Waals surface area (Å²) in [6.45, 7) is 3.20. The number of carbonyl (C=O) groups is 2. The van der Waals surface area contributed by atoms with E-state index in [0.717, 1.165) is 39.8 Å². The molecule has 2 amide bonds. The van der Waals surface area contributed by atoms with Crippen LogP contribution in [0.1, 0.15) is 48.4 Å². The summed E-state index contributed by atoms with van der Waals surface area (Å²) in [7, 11) is 0. The number of hydrogen-bond donors (Lipinski definition) is 2. The Hall–Kier alpha value is -3.93. The Morgan fingerprint density at radius 3 is 2.49 bits per heavy atom. The van der Waals surface area contributed by atoms with Gasteiger partial charge in [0.1, 0.15) is 5.82 Å². The van der Waals surface area contributed by atoms with E-state index in [4.69, 9.17) is 0 Å². The summed E-state index contributed by atoms with van der Waals surface area (Å²) in [6, 6.07) is 23.7. The van der Waals surface area contributed by atoms with Crippen LogP contribution in [-0.4, -0.2) is 39.8 Å². The fourth-order valence-corrected chi connectivity index (χ4v) is 4.86. The molecule has 1 saturated heterocycles. The lowest BCUT2D eigenvalue weighted by Gasteiger charge is -2.32. The highest BCUT2D eigenvalue weighted by atomic mass is 16.2. The van der Waals surface area contributed by atoms with Crippen LogP contribution in [0.3, 0.4) is 0 Å². The third kappa shape index (κ3) is 4.83. The Morgan fingerprint density at radius 2 is 1.71 bits per heavy atom. The van der Waals surface area contributed by atoms with Crippen LogP contribution in [0, 0.1) is 5.92 Å². The maximum Gasteiger partial charge on any atom is 0.254 e. The average Bonchev–Trinajstić information content (AvgIpc) is 3.42. The second kappa shape index (κ2) is 10.1. The molecule has 6 heteroatoms. The Labute approximate surface area is 205 Å². The van der Waals surface area contributed by atoms with Crippen LogP contribution in [0.25, 0.3) is 22.0 Å². The number of hydrogen-bond acceptors (Lipinski definition) is 3. The highest BCUT2D eigenvalue weighted by Gasteiger charge is 2.30. The van der Waals surface area contributed by atoms with Gasteiger partial charge in [0.25, 0.3) is 5.91 Å². The molecule has 2 heterocycles. The number of aromatic amines is 1. The van der Waals surface area contributed by atoms with E-state index < -0.39 is 0 Å². The molecule has 1 unspecified atom stereocenters. The van der Waals surface area contributed by atoms with Gasteiger partial charge in [-0.25, -0.2) is 4.98 Å². The fraction of sp³-hybridized carbons (Fsp3) is 0.276. The molecule has 35 heavy (non-hydrogen) atoms. The summed E-state index contributed by atoms with van der Waals surface area (Å²) in [4.78, 5) is 36.1. The molecule has 0 aliphatic carbocycles. The van der Waals surface area contributed by atoms with Crippen molar-refractivity contribution in [2.75, 3.05) is 13.1 Å². The molecule has 1 aliphatic rings. The molecule has 5 rings (SSSR count). The molecule has 1 aromatic heterocycles. The van der Waals surface area contributed by atoms with Crippen molar-refractivity contribution >= 4 is 22.6 Å². The molecule has 0 saturated carbocycles. The quantitative estimate of drug-likeness (QED) is 0.402. The van der Waals surface area contributed by atoms with Crippen molar-refractivity contribution in [2.45, 2.75) is 32.2 Å². The maximum absolute atomic E-state index is 13.2. The van der Waals surface area contributed by atoms with Gasteiger partial charge in [-0.05, 0) is 41.7 Å². The summed E-state index contributed by atoms with van der Waals surface area (Å²) in [5, 5.41) is 5.21. The van der Waals surface area contributed by atoms with Gasteiger partial charge in [-0.2, -0.15) is 0 Å². The van der Waals surface area contributed by atoms with Gasteiger partial charge in [-0.3, -0.25) is 9.59 Å². The lowest BCUT2D eigenvalue weighted by molar-refractivity contribution is -0.127. The summed E-state index contributed by atoms with van der Waals surface area (Å²) in [5.74, 6) is 0.732. The molecule has 0 bridgehead atoms. The van der Waals surface area contributed by atoms with Crippen molar-refractivity contribution in [1.82, 2.24) is 20.2 Å². The molecule has 0 radical (unpaired) electrons. The van der Waals surface area contributed by atoms with Gasteiger partial charge in [0, 0.05) is 24.6 Å². The Bertz CT molecular complexity index is 1320. The predicted molar refractivity (Wildman–Crippen MR) is 138 cm³/mol. The van der Waals surface area contributed by atoms with Gasteiger partial charge in [0.05, 0.1) is 17.9 Å². The van der Waals surface area contributed by atoms with Crippen molar-refractivity contribution in [3.05, 3.63) is 90.4 Å². The number of carbonyl (C=O) groups excluding carboxylic acids is 2. The molecule has 2 N–H and O–H groups in total. The first-order valence-corrected chi connectivity index (χ1v) is 12.3. The minimum atomic E-state index is -0.171. The first kappa shape index (κ1) is 22.8. The van der Waals surface area contributed by atoms with E-state index in [9.17, 15) is 9.59 Å². The Kier molecular flexibility index (Phi) is 6.62. The minimum absolute atomic E-state index is 0.0340. The number of piperidine rings is 1. The summed E-state index contributed by atoms with van der Waals surface area (Å²) in [6.07, 6.45) is 3.88. The third-order valence-corrected chi connectivity index (χ3v) is 6.91. The normalized spacial score (nSPS) is 15.2. The third-order valence-electron chi connectivity index (χ3n) is 6.91.